The highest BCUT2D eigenvalue weighted by Gasteiger charge is 2.19. The van der Waals surface area contributed by atoms with Gasteiger partial charge in [0, 0.05) is 53.2 Å². The molecule has 5 rings (SSSR count). The zero-order valence-electron chi connectivity index (χ0n) is 29.4. The first-order chi connectivity index (χ1) is 23.3. The molecular formula is C40H50N6O2. The van der Waals surface area contributed by atoms with E-state index in [2.05, 4.69) is 94.6 Å². The van der Waals surface area contributed by atoms with Crippen molar-refractivity contribution < 1.29 is 9.84 Å². The topological polar surface area (TPSA) is 86.9 Å². The molecule has 3 heterocycles. The molecule has 1 saturated heterocycles. The van der Waals surface area contributed by atoms with Crippen LogP contribution in [0.2, 0.25) is 0 Å². The molecule has 48 heavy (non-hydrogen) atoms. The van der Waals surface area contributed by atoms with Gasteiger partial charge < -0.3 is 25.4 Å². The number of likely N-dealkylation sites (tertiary alicyclic amines) is 1. The number of pyridine rings is 1. The number of fused-ring (bicyclic) bond motifs is 1. The average Bonchev–Trinajstić information content (AvgIpc) is 3.77. The molecule has 252 valence electrons. The van der Waals surface area contributed by atoms with Crippen molar-refractivity contribution in [1.82, 2.24) is 19.5 Å². The quantitative estimate of drug-likeness (QED) is 0.104. The van der Waals surface area contributed by atoms with Gasteiger partial charge >= 0.3 is 0 Å². The summed E-state index contributed by atoms with van der Waals surface area (Å²) in [4.78, 5) is 6.87. The summed E-state index contributed by atoms with van der Waals surface area (Å²) in [6.07, 6.45) is 16.9. The zero-order valence-corrected chi connectivity index (χ0v) is 29.4. The summed E-state index contributed by atoms with van der Waals surface area (Å²) in [6.45, 7) is 17.5. The molecule has 1 atom stereocenters. The molecule has 0 spiro atoms. The number of rotatable bonds is 12. The van der Waals surface area contributed by atoms with Crippen molar-refractivity contribution in [3.8, 4) is 16.9 Å². The molecule has 1 aliphatic heterocycles. The van der Waals surface area contributed by atoms with Gasteiger partial charge in [0.15, 0.2) is 5.65 Å². The summed E-state index contributed by atoms with van der Waals surface area (Å²) >= 11 is 0. The van der Waals surface area contributed by atoms with E-state index < -0.39 is 0 Å². The van der Waals surface area contributed by atoms with Gasteiger partial charge in [0.05, 0.1) is 18.4 Å². The Kier molecular flexibility index (Phi) is 12.7. The fourth-order valence-electron chi connectivity index (χ4n) is 5.79. The zero-order chi connectivity index (χ0) is 34.6. The number of nitrogens with zero attached hydrogens (tertiary/aromatic N) is 4. The number of aliphatic hydroxyl groups is 1. The summed E-state index contributed by atoms with van der Waals surface area (Å²) in [7, 11) is 1.61. The van der Waals surface area contributed by atoms with E-state index in [0.717, 1.165) is 63.8 Å². The Labute approximate surface area is 285 Å². The van der Waals surface area contributed by atoms with Crippen LogP contribution < -0.4 is 15.4 Å². The fourth-order valence-corrected chi connectivity index (χ4v) is 5.79. The van der Waals surface area contributed by atoms with Crippen molar-refractivity contribution in [1.29, 1.82) is 0 Å². The van der Waals surface area contributed by atoms with Gasteiger partial charge in [-0.2, -0.15) is 5.10 Å². The number of anilines is 2. The largest absolute Gasteiger partial charge is 0.508 e. The number of ether oxygens (including phenoxy) is 1. The summed E-state index contributed by atoms with van der Waals surface area (Å²) in [5, 5.41) is 21.8. The average molecular weight is 647 g/mol. The minimum absolute atomic E-state index is 0.180. The van der Waals surface area contributed by atoms with Crippen LogP contribution in [0.4, 0.5) is 11.4 Å². The number of methoxy groups -OCH3 is 1. The minimum atomic E-state index is 0.180. The third kappa shape index (κ3) is 8.56. The third-order valence-electron chi connectivity index (χ3n) is 8.21. The molecule has 2 aromatic heterocycles. The van der Waals surface area contributed by atoms with Crippen LogP contribution >= 0.6 is 0 Å². The first-order valence-electron chi connectivity index (χ1n) is 16.8. The highest BCUT2D eigenvalue weighted by molar-refractivity contribution is 5.82. The maximum absolute atomic E-state index is 10.3. The van der Waals surface area contributed by atoms with Crippen LogP contribution in [0.3, 0.4) is 0 Å². The van der Waals surface area contributed by atoms with Crippen LogP contribution in [-0.4, -0.2) is 44.3 Å². The van der Waals surface area contributed by atoms with E-state index in [4.69, 9.17) is 4.74 Å². The minimum Gasteiger partial charge on any atom is -0.508 e. The molecule has 0 aliphatic carbocycles. The molecule has 0 amide bonds. The lowest BCUT2D eigenvalue weighted by Crippen LogP contribution is -2.24. The molecule has 3 N–H and O–H groups in total. The molecule has 1 aliphatic rings. The van der Waals surface area contributed by atoms with Gasteiger partial charge in [-0.3, -0.25) is 0 Å². The summed E-state index contributed by atoms with van der Waals surface area (Å²) < 4.78 is 7.37. The van der Waals surface area contributed by atoms with Crippen molar-refractivity contribution in [2.24, 2.45) is 0 Å². The normalized spacial score (nSPS) is 15.4. The lowest BCUT2D eigenvalue weighted by molar-refractivity contribution is 0.352. The number of hydrogen-bond donors (Lipinski definition) is 3. The van der Waals surface area contributed by atoms with Crippen molar-refractivity contribution in [3.05, 3.63) is 121 Å². The van der Waals surface area contributed by atoms with E-state index >= 15 is 0 Å². The Hall–Kier alpha value is -5.24. The molecule has 0 radical (unpaired) electrons. The maximum atomic E-state index is 10.3. The third-order valence-corrected chi connectivity index (χ3v) is 8.21. The summed E-state index contributed by atoms with van der Waals surface area (Å²) in [5.74, 6) is 0.774. The molecule has 8 heteroatoms. The second-order valence-electron chi connectivity index (χ2n) is 11.5. The van der Waals surface area contributed by atoms with Crippen LogP contribution in [0.15, 0.2) is 109 Å². The Bertz CT molecular complexity index is 1830. The van der Waals surface area contributed by atoms with Crippen molar-refractivity contribution in [3.63, 3.8) is 0 Å². The van der Waals surface area contributed by atoms with Gasteiger partial charge in [-0.05, 0) is 93.7 Å². The van der Waals surface area contributed by atoms with Crippen LogP contribution in [-0.2, 0) is 0 Å². The van der Waals surface area contributed by atoms with Crippen LogP contribution in [0.1, 0.15) is 71.9 Å². The van der Waals surface area contributed by atoms with E-state index in [1.165, 1.54) is 12.8 Å². The standard InChI is InChI=1S/C38H44N6O2.C2H6/c1-7-12-34(42-32-18-19-33(36(45)8-2)37(23-32)46-6)30-17-10-16-29(21-30)31-22-35(38-39-25-40-44(38)24-31)41-26(3)13-9-14-27(4)43-20-11-15-28(43)5;1-2/h8-10,12-14,16-19,21-25,28,41-42,45H,4,7,11,15,20H2,1-3,5-6H3;1-2H3/b14-9-,26-13+,34-12+,36-8?;. The Balaban J connectivity index is 0.00000255. The predicted octanol–water partition coefficient (Wildman–Crippen LogP) is 10.1. The number of allylic oxidation sites excluding steroid dienone is 6. The van der Waals surface area contributed by atoms with Gasteiger partial charge in [-0.25, -0.2) is 9.50 Å². The van der Waals surface area contributed by atoms with Gasteiger partial charge in [0.1, 0.15) is 17.8 Å². The summed E-state index contributed by atoms with van der Waals surface area (Å²) in [5.41, 5.74) is 9.23. The van der Waals surface area contributed by atoms with Crippen LogP contribution in [0, 0.1) is 0 Å². The van der Waals surface area contributed by atoms with Gasteiger partial charge in [0.25, 0.3) is 0 Å². The number of benzene rings is 2. The Morgan fingerprint density at radius 2 is 1.94 bits per heavy atom. The number of hydrogen-bond acceptors (Lipinski definition) is 7. The van der Waals surface area contributed by atoms with Gasteiger partial charge in [-0.1, -0.05) is 57.7 Å². The van der Waals surface area contributed by atoms with E-state index in [0.29, 0.717) is 17.4 Å². The lowest BCUT2D eigenvalue weighted by atomic mass is 10.0. The fraction of sp³-hybridized carbons (Fsp3) is 0.300. The molecule has 1 fully saturated rings. The van der Waals surface area contributed by atoms with Crippen LogP contribution in [0.5, 0.6) is 5.75 Å². The lowest BCUT2D eigenvalue weighted by Gasteiger charge is -2.23. The highest BCUT2D eigenvalue weighted by Crippen LogP contribution is 2.32. The molecule has 1 unspecified atom stereocenters. The molecular weight excluding hydrogens is 596 g/mol. The molecule has 0 saturated carbocycles. The van der Waals surface area contributed by atoms with Crippen molar-refractivity contribution >= 4 is 28.5 Å². The SMILES string of the molecule is C=C(/C=C\C=C(/C)Nc1cc(-c2cccc(/C(=C\CC)Nc3ccc(C(O)=CC)c(OC)c3)c2)cn2ncnc12)N1CCCC1C.CC. The maximum Gasteiger partial charge on any atom is 0.178 e. The first kappa shape index (κ1) is 35.6. The van der Waals surface area contributed by atoms with E-state index in [9.17, 15) is 5.11 Å². The number of nitrogens with one attached hydrogen (secondary N) is 2. The molecule has 8 nitrogen and oxygen atoms in total. The first-order valence-corrected chi connectivity index (χ1v) is 16.8. The number of aliphatic hydroxyl groups excluding tert-OH is 1. The van der Waals surface area contributed by atoms with E-state index in [-0.39, 0.29) is 5.76 Å². The van der Waals surface area contributed by atoms with Crippen molar-refractivity contribution in [2.45, 2.75) is 66.8 Å². The van der Waals surface area contributed by atoms with Crippen LogP contribution in [0.25, 0.3) is 28.2 Å². The predicted molar refractivity (Wildman–Crippen MR) is 202 cm³/mol. The number of aromatic nitrogens is 3. The van der Waals surface area contributed by atoms with Gasteiger partial charge in [0.2, 0.25) is 0 Å². The Morgan fingerprint density at radius 1 is 1.12 bits per heavy atom. The van der Waals surface area contributed by atoms with E-state index in [1.54, 1.807) is 31.0 Å². The molecule has 2 aromatic carbocycles. The monoisotopic (exact) mass is 646 g/mol. The Morgan fingerprint density at radius 3 is 2.65 bits per heavy atom. The summed E-state index contributed by atoms with van der Waals surface area (Å²) in [6, 6.07) is 16.8. The smallest absolute Gasteiger partial charge is 0.178 e. The van der Waals surface area contributed by atoms with E-state index in [1.807, 2.05) is 51.2 Å². The second kappa shape index (κ2) is 17.1. The molecule has 0 bridgehead atoms. The highest BCUT2D eigenvalue weighted by atomic mass is 16.5. The molecule has 4 aromatic rings. The van der Waals surface area contributed by atoms with Crippen molar-refractivity contribution in [2.75, 3.05) is 24.3 Å². The second-order valence-corrected chi connectivity index (χ2v) is 11.5. The van der Waals surface area contributed by atoms with Gasteiger partial charge in [-0.15, -0.1) is 0 Å².